The standard InChI is InChI=1S/C32H37N/c1-3-9-23-14-16-25(17-15-23)32-30(21-33)29-13-8-7-12-26(29)19-28-20-27(18-22(2)31(28)32)24-10-5-4-6-11-24/h4-8,10,12-17,24,27,30,32H,2-3,9,11,18-21,33H2,1H3. The fraction of sp³-hybridized carbons (Fsp3) is 0.375. The van der Waals surface area contributed by atoms with Crippen LogP contribution in [-0.4, -0.2) is 6.54 Å². The van der Waals surface area contributed by atoms with E-state index in [1.807, 2.05) is 0 Å². The molecule has 0 fully saturated rings. The van der Waals surface area contributed by atoms with E-state index in [4.69, 9.17) is 12.3 Å². The number of allylic oxidation sites excluding steroid dienone is 7. The molecule has 0 bridgehead atoms. The molecule has 1 heteroatoms. The van der Waals surface area contributed by atoms with E-state index in [0.29, 0.717) is 24.3 Å². The summed E-state index contributed by atoms with van der Waals surface area (Å²) >= 11 is 0. The van der Waals surface area contributed by atoms with Crippen LogP contribution in [-0.2, 0) is 12.8 Å². The van der Waals surface area contributed by atoms with Crippen molar-refractivity contribution < 1.29 is 0 Å². The summed E-state index contributed by atoms with van der Waals surface area (Å²) in [4.78, 5) is 0. The fourth-order valence-corrected chi connectivity index (χ4v) is 6.54. The summed E-state index contributed by atoms with van der Waals surface area (Å²) in [7, 11) is 0. The van der Waals surface area contributed by atoms with Gasteiger partial charge in [0, 0.05) is 18.4 Å². The maximum Gasteiger partial charge on any atom is 0.0172 e. The first-order chi connectivity index (χ1) is 16.2. The van der Waals surface area contributed by atoms with E-state index < -0.39 is 0 Å². The molecule has 2 N–H and O–H groups in total. The lowest BCUT2D eigenvalue weighted by Gasteiger charge is -2.37. The lowest BCUT2D eigenvalue weighted by molar-refractivity contribution is 0.372. The first-order valence-electron chi connectivity index (χ1n) is 12.8. The maximum atomic E-state index is 6.54. The first-order valence-corrected chi connectivity index (χ1v) is 12.8. The second kappa shape index (κ2) is 9.69. The van der Waals surface area contributed by atoms with Crippen molar-refractivity contribution in [3.05, 3.63) is 118 Å². The largest absolute Gasteiger partial charge is 0.330 e. The Morgan fingerprint density at radius 3 is 2.55 bits per heavy atom. The Labute approximate surface area is 199 Å². The van der Waals surface area contributed by atoms with Crippen molar-refractivity contribution in [1.29, 1.82) is 0 Å². The van der Waals surface area contributed by atoms with Crippen LogP contribution in [0, 0.1) is 11.8 Å². The highest BCUT2D eigenvalue weighted by Gasteiger charge is 2.38. The Bertz CT molecular complexity index is 1100. The van der Waals surface area contributed by atoms with E-state index in [1.165, 1.54) is 46.2 Å². The van der Waals surface area contributed by atoms with Gasteiger partial charge in [0.15, 0.2) is 0 Å². The van der Waals surface area contributed by atoms with Gasteiger partial charge in [-0.25, -0.2) is 0 Å². The van der Waals surface area contributed by atoms with Crippen molar-refractivity contribution in [1.82, 2.24) is 0 Å². The third kappa shape index (κ3) is 4.32. The summed E-state index contributed by atoms with van der Waals surface area (Å²) in [6, 6.07) is 18.4. The maximum absolute atomic E-state index is 6.54. The van der Waals surface area contributed by atoms with Gasteiger partial charge < -0.3 is 5.73 Å². The molecule has 0 saturated carbocycles. The third-order valence-corrected chi connectivity index (χ3v) is 8.10. The third-order valence-electron chi connectivity index (χ3n) is 8.10. The summed E-state index contributed by atoms with van der Waals surface area (Å²) < 4.78 is 0. The molecule has 4 atom stereocenters. The van der Waals surface area contributed by atoms with Crippen molar-refractivity contribution in [2.45, 2.75) is 57.3 Å². The summed E-state index contributed by atoms with van der Waals surface area (Å²) in [5.74, 6) is 1.85. The molecule has 1 nitrogen and oxygen atoms in total. The molecule has 5 rings (SSSR count). The van der Waals surface area contributed by atoms with Crippen molar-refractivity contribution in [2.75, 3.05) is 6.54 Å². The summed E-state index contributed by atoms with van der Waals surface area (Å²) in [6.45, 7) is 7.60. The number of hydrogen-bond acceptors (Lipinski definition) is 1. The Balaban J connectivity index is 1.60. The second-order valence-corrected chi connectivity index (χ2v) is 10.2. The lowest BCUT2D eigenvalue weighted by Crippen LogP contribution is -2.26. The van der Waals surface area contributed by atoms with Gasteiger partial charge in [0.2, 0.25) is 0 Å². The van der Waals surface area contributed by atoms with Gasteiger partial charge >= 0.3 is 0 Å². The van der Waals surface area contributed by atoms with Gasteiger partial charge in [-0.1, -0.05) is 104 Å². The molecule has 0 saturated heterocycles. The molecule has 2 aromatic rings. The van der Waals surface area contributed by atoms with Crippen LogP contribution < -0.4 is 5.73 Å². The van der Waals surface area contributed by atoms with E-state index in [0.717, 1.165) is 25.7 Å². The highest BCUT2D eigenvalue weighted by molar-refractivity contribution is 5.54. The minimum atomic E-state index is 0.288. The van der Waals surface area contributed by atoms with Gasteiger partial charge in [0.25, 0.3) is 0 Å². The highest BCUT2D eigenvalue weighted by Crippen LogP contribution is 2.52. The van der Waals surface area contributed by atoms with E-state index >= 15 is 0 Å². The number of hydrogen-bond donors (Lipinski definition) is 1. The van der Waals surface area contributed by atoms with E-state index in [9.17, 15) is 0 Å². The molecule has 3 aliphatic rings. The summed E-state index contributed by atoms with van der Waals surface area (Å²) in [5, 5.41) is 0. The monoisotopic (exact) mass is 435 g/mol. The SMILES string of the molecule is C=C1CC(C2C=CC=CC2)CC2=C1C(c1ccc(CCC)cc1)C(CN)c1ccccc1C2. The molecule has 0 radical (unpaired) electrons. The van der Waals surface area contributed by atoms with Crippen molar-refractivity contribution in [3.8, 4) is 0 Å². The van der Waals surface area contributed by atoms with Crippen LogP contribution in [0.2, 0.25) is 0 Å². The normalized spacial score (nSPS) is 26.7. The molecular weight excluding hydrogens is 398 g/mol. The number of aryl methyl sites for hydroxylation is 1. The number of rotatable bonds is 5. The zero-order valence-electron chi connectivity index (χ0n) is 20.0. The average Bonchev–Trinajstić information content (AvgIpc) is 2.99. The van der Waals surface area contributed by atoms with Crippen LogP contribution in [0.4, 0.5) is 0 Å². The first kappa shape index (κ1) is 22.2. The lowest BCUT2D eigenvalue weighted by atomic mass is 9.67. The molecular formula is C32H37N. The van der Waals surface area contributed by atoms with Crippen LogP contribution in [0.5, 0.6) is 0 Å². The zero-order chi connectivity index (χ0) is 22.8. The zero-order valence-corrected chi connectivity index (χ0v) is 20.0. The topological polar surface area (TPSA) is 26.0 Å². The van der Waals surface area contributed by atoms with Gasteiger partial charge in [-0.2, -0.15) is 0 Å². The molecule has 170 valence electrons. The van der Waals surface area contributed by atoms with Crippen molar-refractivity contribution in [2.24, 2.45) is 17.6 Å². The molecule has 0 aliphatic heterocycles. The van der Waals surface area contributed by atoms with E-state index in [2.05, 4.69) is 79.8 Å². The molecule has 0 aromatic heterocycles. The Morgan fingerprint density at radius 1 is 1.00 bits per heavy atom. The number of fused-ring (bicyclic) bond motifs is 1. The Kier molecular flexibility index (Phi) is 6.51. The molecule has 33 heavy (non-hydrogen) atoms. The highest BCUT2D eigenvalue weighted by atomic mass is 14.6. The molecule has 0 spiro atoms. The minimum absolute atomic E-state index is 0.288. The predicted molar refractivity (Wildman–Crippen MR) is 140 cm³/mol. The molecule has 4 unspecified atom stereocenters. The molecule has 0 amide bonds. The summed E-state index contributed by atoms with van der Waals surface area (Å²) in [6.07, 6.45) is 15.9. The van der Waals surface area contributed by atoms with Crippen LogP contribution in [0.25, 0.3) is 0 Å². The smallest absolute Gasteiger partial charge is 0.0172 e. The minimum Gasteiger partial charge on any atom is -0.330 e. The van der Waals surface area contributed by atoms with Crippen molar-refractivity contribution >= 4 is 0 Å². The molecule has 2 aromatic carbocycles. The number of benzene rings is 2. The van der Waals surface area contributed by atoms with E-state index in [1.54, 1.807) is 5.57 Å². The van der Waals surface area contributed by atoms with Crippen LogP contribution in [0.15, 0.2) is 96.1 Å². The van der Waals surface area contributed by atoms with E-state index in [-0.39, 0.29) is 5.92 Å². The Hall–Kier alpha value is -2.64. The quantitative estimate of drug-likeness (QED) is 0.520. The molecule has 0 heterocycles. The van der Waals surface area contributed by atoms with Gasteiger partial charge in [-0.15, -0.1) is 0 Å². The average molecular weight is 436 g/mol. The van der Waals surface area contributed by atoms with Gasteiger partial charge in [0.1, 0.15) is 0 Å². The predicted octanol–water partition coefficient (Wildman–Crippen LogP) is 7.42. The van der Waals surface area contributed by atoms with Gasteiger partial charge in [-0.05, 0) is 71.8 Å². The fourth-order valence-electron chi connectivity index (χ4n) is 6.54. The van der Waals surface area contributed by atoms with Crippen LogP contribution in [0.1, 0.15) is 66.7 Å². The van der Waals surface area contributed by atoms with Crippen LogP contribution >= 0.6 is 0 Å². The van der Waals surface area contributed by atoms with Gasteiger partial charge in [0.05, 0.1) is 0 Å². The second-order valence-electron chi connectivity index (χ2n) is 10.2. The van der Waals surface area contributed by atoms with Crippen molar-refractivity contribution in [3.63, 3.8) is 0 Å². The summed E-state index contributed by atoms with van der Waals surface area (Å²) in [5.41, 5.74) is 16.7. The number of nitrogens with two attached hydrogens (primary N) is 1. The van der Waals surface area contributed by atoms with Gasteiger partial charge in [-0.3, -0.25) is 0 Å². The molecule has 3 aliphatic carbocycles. The van der Waals surface area contributed by atoms with Crippen LogP contribution in [0.3, 0.4) is 0 Å². The Morgan fingerprint density at radius 2 is 1.82 bits per heavy atom.